The second-order valence-electron chi connectivity index (χ2n) is 4.78. The highest BCUT2D eigenvalue weighted by Gasteiger charge is 2.48. The van der Waals surface area contributed by atoms with Gasteiger partial charge in [0.25, 0.3) is 0 Å². The normalized spacial score (nSPS) is 23.4. The van der Waals surface area contributed by atoms with Crippen LogP contribution in [0.5, 0.6) is 0 Å². The fraction of sp³-hybridized carbons (Fsp3) is 0.636. The van der Waals surface area contributed by atoms with Gasteiger partial charge in [0, 0.05) is 0 Å². The van der Waals surface area contributed by atoms with E-state index in [1.54, 1.807) is 12.2 Å². The zero-order valence-electron chi connectivity index (χ0n) is 11.2. The lowest BCUT2D eigenvalue weighted by Crippen LogP contribution is -2.52. The first kappa shape index (κ1) is 19.3. The summed E-state index contributed by atoms with van der Waals surface area (Å²) >= 11 is 33.2. The van der Waals surface area contributed by atoms with E-state index < -0.39 is 33.0 Å². The lowest BCUT2D eigenvalue weighted by molar-refractivity contribution is -0.0145. The van der Waals surface area contributed by atoms with Gasteiger partial charge >= 0.3 is 12.2 Å². The van der Waals surface area contributed by atoms with Crippen molar-refractivity contribution >= 4 is 81.8 Å². The number of nitrogens with zero attached hydrogens (tertiary/aromatic N) is 2. The Kier molecular flexibility index (Phi) is 5.97. The van der Waals surface area contributed by atoms with Gasteiger partial charge in [-0.25, -0.2) is 19.6 Å². The number of alkyl halides is 6. The Hall–Kier alpha value is 0.0200. The number of rotatable bonds is 2. The third-order valence-electron chi connectivity index (χ3n) is 2.99. The molecule has 1 saturated heterocycles. The summed E-state index contributed by atoms with van der Waals surface area (Å²) in [5.41, 5.74) is 0. The molecular formula is C11H10Cl6N2O4. The van der Waals surface area contributed by atoms with Crippen molar-refractivity contribution in [1.82, 2.24) is 10.0 Å². The van der Waals surface area contributed by atoms with Gasteiger partial charge in [0.1, 0.15) is 13.2 Å². The molecule has 23 heavy (non-hydrogen) atoms. The fourth-order valence-corrected chi connectivity index (χ4v) is 2.54. The molecule has 0 saturated carbocycles. The Balaban J connectivity index is 2.03. The first-order chi connectivity index (χ1) is 10.5. The van der Waals surface area contributed by atoms with E-state index in [0.717, 1.165) is 10.0 Å². The van der Waals surface area contributed by atoms with Gasteiger partial charge in [0.15, 0.2) is 0 Å². The van der Waals surface area contributed by atoms with Crippen LogP contribution >= 0.6 is 69.6 Å². The summed E-state index contributed by atoms with van der Waals surface area (Å²) in [4.78, 5) is 24.3. The highest BCUT2D eigenvalue weighted by molar-refractivity contribution is 6.68. The van der Waals surface area contributed by atoms with Gasteiger partial charge in [0.2, 0.25) is 7.59 Å². The number of hydrogen-bond acceptors (Lipinski definition) is 4. The number of ether oxygens (including phenoxy) is 2. The molecule has 0 N–H and O–H groups in total. The van der Waals surface area contributed by atoms with E-state index in [0.29, 0.717) is 6.42 Å². The van der Waals surface area contributed by atoms with Crippen LogP contribution in [0, 0.1) is 0 Å². The molecule has 2 atom stereocenters. The van der Waals surface area contributed by atoms with Crippen LogP contribution < -0.4 is 0 Å². The second-order valence-corrected chi connectivity index (χ2v) is 9.82. The second kappa shape index (κ2) is 7.10. The predicted molar refractivity (Wildman–Crippen MR) is 88.3 cm³/mol. The van der Waals surface area contributed by atoms with E-state index in [2.05, 4.69) is 0 Å². The summed E-state index contributed by atoms with van der Waals surface area (Å²) in [5.74, 6) is 0. The van der Waals surface area contributed by atoms with Crippen molar-refractivity contribution in [2.75, 3.05) is 13.2 Å². The summed E-state index contributed by atoms with van der Waals surface area (Å²) in [6.45, 7) is -0.934. The Bertz CT molecular complexity index is 474. The van der Waals surface area contributed by atoms with Gasteiger partial charge in [-0.3, -0.25) is 0 Å². The van der Waals surface area contributed by atoms with Crippen LogP contribution in [0.3, 0.4) is 0 Å². The summed E-state index contributed by atoms with van der Waals surface area (Å²) in [6, 6.07) is -0.716. The molecule has 0 aromatic rings. The number of carbonyl (C=O) groups excluding carboxylic acids is 2. The minimum Gasteiger partial charge on any atom is -0.444 e. The van der Waals surface area contributed by atoms with Gasteiger partial charge in [-0.15, -0.1) is 0 Å². The molecule has 2 aliphatic rings. The Labute approximate surface area is 162 Å². The number of hydrogen-bond donors (Lipinski definition) is 0. The van der Waals surface area contributed by atoms with E-state index in [1.807, 2.05) is 0 Å². The van der Waals surface area contributed by atoms with Crippen LogP contribution in [0.1, 0.15) is 6.42 Å². The zero-order chi connectivity index (χ0) is 17.4. The molecule has 2 rings (SSSR count). The maximum atomic E-state index is 12.2. The topological polar surface area (TPSA) is 59.1 Å². The lowest BCUT2D eigenvalue weighted by Gasteiger charge is -2.34. The smallest absolute Gasteiger partial charge is 0.429 e. The molecule has 6 nitrogen and oxygen atoms in total. The zero-order valence-corrected chi connectivity index (χ0v) is 15.8. The molecule has 130 valence electrons. The summed E-state index contributed by atoms with van der Waals surface area (Å²) < 4.78 is 6.28. The average Bonchev–Trinajstić information content (AvgIpc) is 3.00. The first-order valence-corrected chi connectivity index (χ1v) is 8.48. The van der Waals surface area contributed by atoms with Gasteiger partial charge < -0.3 is 9.47 Å². The number of halogens is 6. The molecule has 0 aromatic heterocycles. The van der Waals surface area contributed by atoms with Crippen LogP contribution in [-0.4, -0.2) is 55.1 Å². The third kappa shape index (κ3) is 5.25. The van der Waals surface area contributed by atoms with Crippen molar-refractivity contribution < 1.29 is 19.1 Å². The SMILES string of the molecule is O=C(OCC(Cl)(Cl)Cl)N1C2C=CC(C2)N1C(=O)OCC(Cl)(Cl)Cl. The van der Waals surface area contributed by atoms with Crippen LogP contribution in [-0.2, 0) is 9.47 Å². The lowest BCUT2D eigenvalue weighted by atomic mass is 10.2. The van der Waals surface area contributed by atoms with Gasteiger partial charge in [-0.2, -0.15) is 0 Å². The van der Waals surface area contributed by atoms with E-state index in [-0.39, 0.29) is 12.1 Å². The Morgan fingerprint density at radius 3 is 1.52 bits per heavy atom. The third-order valence-corrected chi connectivity index (χ3v) is 3.65. The monoisotopic (exact) mass is 444 g/mol. The van der Waals surface area contributed by atoms with Gasteiger partial charge in [-0.1, -0.05) is 81.8 Å². The first-order valence-electron chi connectivity index (χ1n) is 6.21. The average molecular weight is 447 g/mol. The van der Waals surface area contributed by atoms with E-state index in [1.165, 1.54) is 0 Å². The molecule has 0 radical (unpaired) electrons. The van der Waals surface area contributed by atoms with E-state index in [4.69, 9.17) is 79.1 Å². The maximum absolute atomic E-state index is 12.2. The molecule has 12 heteroatoms. The van der Waals surface area contributed by atoms with Crippen molar-refractivity contribution in [3.63, 3.8) is 0 Å². The number of hydrazine groups is 1. The number of fused-ring (bicyclic) bond motifs is 2. The van der Waals surface area contributed by atoms with Crippen molar-refractivity contribution in [2.24, 2.45) is 0 Å². The summed E-state index contributed by atoms with van der Waals surface area (Å²) in [6.07, 6.45) is 2.34. The maximum Gasteiger partial charge on any atom is 0.429 e. The fourth-order valence-electron chi connectivity index (χ4n) is 2.21. The highest BCUT2D eigenvalue weighted by Crippen LogP contribution is 2.35. The standard InChI is InChI=1S/C11H10Cl6N2O4/c12-10(13,14)4-22-8(20)18-6-1-2-7(3-6)19(18)9(21)23-5-11(15,16)17/h1-2,6-7H,3-5H2. The molecular weight excluding hydrogens is 437 g/mol. The molecule has 2 amide bonds. The molecule has 0 aromatic carbocycles. The van der Waals surface area contributed by atoms with Crippen LogP contribution in [0.4, 0.5) is 9.59 Å². The van der Waals surface area contributed by atoms with Crippen LogP contribution in [0.25, 0.3) is 0 Å². The van der Waals surface area contributed by atoms with Crippen LogP contribution in [0.15, 0.2) is 12.2 Å². The summed E-state index contributed by atoms with van der Waals surface area (Å²) in [7, 11) is 0. The molecule has 2 bridgehead atoms. The van der Waals surface area contributed by atoms with Crippen molar-refractivity contribution in [1.29, 1.82) is 0 Å². The largest absolute Gasteiger partial charge is 0.444 e. The Morgan fingerprint density at radius 2 is 1.22 bits per heavy atom. The predicted octanol–water partition coefficient (Wildman–Crippen LogP) is 4.23. The molecule has 1 aliphatic heterocycles. The molecule has 1 aliphatic carbocycles. The van der Waals surface area contributed by atoms with Crippen molar-refractivity contribution in [3.05, 3.63) is 12.2 Å². The van der Waals surface area contributed by atoms with E-state index >= 15 is 0 Å². The van der Waals surface area contributed by atoms with Crippen LogP contribution in [0.2, 0.25) is 0 Å². The van der Waals surface area contributed by atoms with Crippen molar-refractivity contribution in [2.45, 2.75) is 26.1 Å². The minimum atomic E-state index is -1.76. The summed E-state index contributed by atoms with van der Waals surface area (Å²) in [5, 5.41) is 2.17. The molecule has 2 unspecified atom stereocenters. The number of amides is 2. The molecule has 1 heterocycles. The van der Waals surface area contributed by atoms with Crippen molar-refractivity contribution in [3.8, 4) is 0 Å². The molecule has 1 fully saturated rings. The van der Waals surface area contributed by atoms with E-state index in [9.17, 15) is 9.59 Å². The van der Waals surface area contributed by atoms with Gasteiger partial charge in [0.05, 0.1) is 12.1 Å². The molecule has 0 spiro atoms. The number of carbonyl (C=O) groups is 2. The van der Waals surface area contributed by atoms with Gasteiger partial charge in [-0.05, 0) is 6.42 Å². The quantitative estimate of drug-likeness (QED) is 0.470. The Morgan fingerprint density at radius 1 is 0.870 bits per heavy atom. The highest BCUT2D eigenvalue weighted by atomic mass is 35.6. The minimum absolute atomic E-state index is 0.358.